The Hall–Kier alpha value is -2.80. The summed E-state index contributed by atoms with van der Waals surface area (Å²) in [6, 6.07) is 4.41. The van der Waals surface area contributed by atoms with Crippen molar-refractivity contribution in [1.29, 1.82) is 0 Å². The van der Waals surface area contributed by atoms with Crippen LogP contribution >= 0.6 is 0 Å². The van der Waals surface area contributed by atoms with Gasteiger partial charge >= 0.3 is 0 Å². The number of ether oxygens (including phenoxy) is 1. The number of amides is 1. The maximum Gasteiger partial charge on any atom is 0.219 e. The number of allylic oxidation sites excluding steroid dienone is 1. The fraction of sp³-hybridized carbons (Fsp3) is 0.500. The molecule has 0 radical (unpaired) electrons. The van der Waals surface area contributed by atoms with E-state index >= 15 is 0 Å². The minimum atomic E-state index is 0.137. The summed E-state index contributed by atoms with van der Waals surface area (Å²) >= 11 is 0. The second kappa shape index (κ2) is 8.38. The average Bonchev–Trinajstić information content (AvgIpc) is 3.28. The lowest BCUT2D eigenvalue weighted by molar-refractivity contribution is -0.130. The number of nitrogens with zero attached hydrogens (tertiary/aromatic N) is 5. The molecule has 2 saturated heterocycles. The smallest absolute Gasteiger partial charge is 0.219 e. The zero-order valence-corrected chi connectivity index (χ0v) is 18.3. The van der Waals surface area contributed by atoms with E-state index in [9.17, 15) is 4.79 Å². The SMILES string of the molecule is CC(=O)N1CCC[C@@H](c2cc(N3CCOC[C@H]3C)nc(-c3ccnc4c3C=CC4)n2)C1. The summed E-state index contributed by atoms with van der Waals surface area (Å²) < 4.78 is 5.65. The molecule has 7 nitrogen and oxygen atoms in total. The average molecular weight is 420 g/mol. The van der Waals surface area contributed by atoms with Crippen LogP contribution in [0.5, 0.6) is 0 Å². The van der Waals surface area contributed by atoms with Crippen LogP contribution in [0.3, 0.4) is 0 Å². The number of fused-ring (bicyclic) bond motifs is 1. The van der Waals surface area contributed by atoms with E-state index in [0.29, 0.717) is 13.2 Å². The molecule has 2 aromatic rings. The number of piperidine rings is 1. The molecule has 0 bridgehead atoms. The molecular formula is C24H29N5O2. The van der Waals surface area contributed by atoms with Crippen molar-refractivity contribution in [3.63, 3.8) is 0 Å². The van der Waals surface area contributed by atoms with Gasteiger partial charge in [0.2, 0.25) is 5.91 Å². The molecule has 1 amide bonds. The first-order valence-corrected chi connectivity index (χ1v) is 11.2. The van der Waals surface area contributed by atoms with E-state index in [2.05, 4.69) is 35.0 Å². The first-order valence-electron chi connectivity index (χ1n) is 11.2. The number of carbonyl (C=O) groups is 1. The van der Waals surface area contributed by atoms with Crippen molar-refractivity contribution < 1.29 is 9.53 Å². The maximum atomic E-state index is 12.0. The Morgan fingerprint density at radius 3 is 3.00 bits per heavy atom. The molecule has 4 heterocycles. The lowest BCUT2D eigenvalue weighted by Gasteiger charge is -2.36. The first kappa shape index (κ1) is 20.1. The summed E-state index contributed by atoms with van der Waals surface area (Å²) in [6.45, 7) is 7.60. The summed E-state index contributed by atoms with van der Waals surface area (Å²) in [6.07, 6.45) is 9.01. The van der Waals surface area contributed by atoms with Gasteiger partial charge in [0.1, 0.15) is 5.82 Å². The summed E-state index contributed by atoms with van der Waals surface area (Å²) in [5.41, 5.74) is 4.25. The first-order chi connectivity index (χ1) is 15.1. The Bertz CT molecular complexity index is 1020. The van der Waals surface area contributed by atoms with Crippen LogP contribution in [0.4, 0.5) is 5.82 Å². The number of pyridine rings is 1. The Balaban J connectivity index is 1.59. The topological polar surface area (TPSA) is 71.5 Å². The fourth-order valence-electron chi connectivity index (χ4n) is 4.85. The Kier molecular flexibility index (Phi) is 5.44. The standard InChI is InChI=1S/C24H29N5O2/c1-16-15-31-12-11-29(16)23-13-22(18-5-4-10-28(14-18)17(2)30)26-24(27-23)20-8-9-25-21-7-3-6-19(20)21/h3,6,8-9,13,16,18H,4-5,7,10-12,14-15H2,1-2H3/t16-,18-/m1/s1. The van der Waals surface area contributed by atoms with Gasteiger partial charge in [-0.2, -0.15) is 0 Å². The number of aromatic nitrogens is 3. The van der Waals surface area contributed by atoms with Gasteiger partial charge in [0.05, 0.1) is 30.6 Å². The van der Waals surface area contributed by atoms with E-state index in [1.165, 1.54) is 0 Å². The number of rotatable bonds is 3. The zero-order chi connectivity index (χ0) is 21.4. The monoisotopic (exact) mass is 419 g/mol. The third-order valence-electron chi connectivity index (χ3n) is 6.59. The van der Waals surface area contributed by atoms with Gasteiger partial charge < -0.3 is 14.5 Å². The third-order valence-corrected chi connectivity index (χ3v) is 6.59. The summed E-state index contributed by atoms with van der Waals surface area (Å²) in [4.78, 5) is 30.9. The molecular weight excluding hydrogens is 390 g/mol. The van der Waals surface area contributed by atoms with Crippen LogP contribution in [0.15, 0.2) is 24.4 Å². The second-order valence-corrected chi connectivity index (χ2v) is 8.72. The van der Waals surface area contributed by atoms with Crippen LogP contribution in [0.2, 0.25) is 0 Å². The Labute approximate surface area is 183 Å². The maximum absolute atomic E-state index is 12.0. The highest BCUT2D eigenvalue weighted by atomic mass is 16.5. The summed E-state index contributed by atoms with van der Waals surface area (Å²) in [5.74, 6) is 2.05. The minimum Gasteiger partial charge on any atom is -0.377 e. The van der Waals surface area contributed by atoms with Crippen LogP contribution in [-0.2, 0) is 16.0 Å². The fourth-order valence-corrected chi connectivity index (χ4v) is 4.85. The molecule has 31 heavy (non-hydrogen) atoms. The van der Waals surface area contributed by atoms with Gasteiger partial charge in [-0.05, 0) is 25.8 Å². The number of carbonyl (C=O) groups excluding carboxylic acids is 1. The van der Waals surface area contributed by atoms with Crippen molar-refractivity contribution in [3.8, 4) is 11.4 Å². The van der Waals surface area contributed by atoms with Crippen molar-refractivity contribution in [2.75, 3.05) is 37.7 Å². The predicted octanol–water partition coefficient (Wildman–Crippen LogP) is 3.06. The molecule has 3 aliphatic rings. The van der Waals surface area contributed by atoms with Crippen LogP contribution in [0.1, 0.15) is 49.6 Å². The van der Waals surface area contributed by atoms with Crippen molar-refractivity contribution in [3.05, 3.63) is 41.4 Å². The molecule has 7 heteroatoms. The number of likely N-dealkylation sites (tertiary alicyclic amines) is 1. The summed E-state index contributed by atoms with van der Waals surface area (Å²) in [5, 5.41) is 0. The van der Waals surface area contributed by atoms with E-state index < -0.39 is 0 Å². The molecule has 0 spiro atoms. The van der Waals surface area contributed by atoms with Gasteiger partial charge in [0.25, 0.3) is 0 Å². The van der Waals surface area contributed by atoms with Crippen LogP contribution in [-0.4, -0.2) is 64.6 Å². The van der Waals surface area contributed by atoms with Gasteiger partial charge in [-0.3, -0.25) is 9.78 Å². The van der Waals surface area contributed by atoms with E-state index in [0.717, 1.165) is 73.1 Å². The van der Waals surface area contributed by atoms with Crippen molar-refractivity contribution in [1.82, 2.24) is 19.9 Å². The van der Waals surface area contributed by atoms with Gasteiger partial charge in [-0.25, -0.2) is 9.97 Å². The molecule has 0 aromatic carbocycles. The normalized spacial score (nSPS) is 23.2. The molecule has 5 rings (SSSR count). The molecule has 0 saturated carbocycles. The Morgan fingerprint density at radius 1 is 1.26 bits per heavy atom. The quantitative estimate of drug-likeness (QED) is 0.762. The third kappa shape index (κ3) is 3.94. The highest BCUT2D eigenvalue weighted by molar-refractivity contribution is 5.75. The van der Waals surface area contributed by atoms with E-state index in [-0.39, 0.29) is 17.9 Å². The van der Waals surface area contributed by atoms with Crippen LogP contribution < -0.4 is 4.90 Å². The van der Waals surface area contributed by atoms with Gasteiger partial charge in [0.15, 0.2) is 5.82 Å². The number of morpholine rings is 1. The van der Waals surface area contributed by atoms with Gasteiger partial charge in [0, 0.05) is 62.3 Å². The van der Waals surface area contributed by atoms with E-state index in [4.69, 9.17) is 14.7 Å². The molecule has 2 atom stereocenters. The lowest BCUT2D eigenvalue weighted by Crippen LogP contribution is -2.44. The minimum absolute atomic E-state index is 0.137. The molecule has 2 aromatic heterocycles. The van der Waals surface area contributed by atoms with Gasteiger partial charge in [-0.15, -0.1) is 0 Å². The van der Waals surface area contributed by atoms with E-state index in [1.54, 1.807) is 6.92 Å². The van der Waals surface area contributed by atoms with Gasteiger partial charge in [-0.1, -0.05) is 12.2 Å². The number of hydrogen-bond donors (Lipinski definition) is 0. The predicted molar refractivity (Wildman–Crippen MR) is 120 cm³/mol. The van der Waals surface area contributed by atoms with Crippen molar-refractivity contribution in [2.45, 2.75) is 45.1 Å². The molecule has 2 fully saturated rings. The molecule has 1 aliphatic carbocycles. The molecule has 162 valence electrons. The largest absolute Gasteiger partial charge is 0.377 e. The molecule has 0 N–H and O–H groups in total. The highest BCUT2D eigenvalue weighted by Gasteiger charge is 2.28. The lowest BCUT2D eigenvalue weighted by atomic mass is 9.94. The Morgan fingerprint density at radius 2 is 2.16 bits per heavy atom. The molecule has 0 unspecified atom stereocenters. The van der Waals surface area contributed by atoms with Crippen LogP contribution in [0.25, 0.3) is 17.5 Å². The number of hydrogen-bond acceptors (Lipinski definition) is 6. The zero-order valence-electron chi connectivity index (χ0n) is 18.3. The van der Waals surface area contributed by atoms with Crippen LogP contribution in [0, 0.1) is 0 Å². The summed E-state index contributed by atoms with van der Waals surface area (Å²) in [7, 11) is 0. The second-order valence-electron chi connectivity index (χ2n) is 8.72. The highest BCUT2D eigenvalue weighted by Crippen LogP contribution is 2.33. The van der Waals surface area contributed by atoms with Crippen molar-refractivity contribution in [2.24, 2.45) is 0 Å². The van der Waals surface area contributed by atoms with E-state index in [1.807, 2.05) is 17.2 Å². The molecule has 2 aliphatic heterocycles. The number of anilines is 1. The van der Waals surface area contributed by atoms with Crippen molar-refractivity contribution >= 4 is 17.8 Å².